The van der Waals surface area contributed by atoms with Gasteiger partial charge in [0, 0.05) is 11.3 Å². The molecule has 1 aromatic carbocycles. The number of thiophene rings is 1. The molecule has 1 heterocycles. The van der Waals surface area contributed by atoms with Crippen LogP contribution < -0.4 is 11.3 Å². The highest BCUT2D eigenvalue weighted by Gasteiger charge is 2.13. The quantitative estimate of drug-likeness (QED) is 0.657. The van der Waals surface area contributed by atoms with E-state index in [-0.39, 0.29) is 6.04 Å². The zero-order valence-corrected chi connectivity index (χ0v) is 11.2. The molecule has 0 amide bonds. The van der Waals surface area contributed by atoms with E-state index in [1.54, 1.807) is 11.3 Å². The smallest absolute Gasteiger partial charge is 0.0931 e. The first-order valence-corrected chi connectivity index (χ1v) is 6.66. The van der Waals surface area contributed by atoms with Crippen molar-refractivity contribution in [2.24, 2.45) is 5.84 Å². The molecular formula is C13H15ClN2S. The van der Waals surface area contributed by atoms with Crippen molar-refractivity contribution in [2.45, 2.75) is 19.4 Å². The van der Waals surface area contributed by atoms with Crippen LogP contribution in [0.25, 0.3) is 0 Å². The highest BCUT2D eigenvalue weighted by Crippen LogP contribution is 2.27. The first-order valence-electron chi connectivity index (χ1n) is 5.46. The lowest BCUT2D eigenvalue weighted by Gasteiger charge is -2.17. The van der Waals surface area contributed by atoms with Crippen LogP contribution >= 0.6 is 22.9 Å². The highest BCUT2D eigenvalue weighted by molar-refractivity contribution is 7.16. The molecule has 0 aliphatic carbocycles. The van der Waals surface area contributed by atoms with Crippen molar-refractivity contribution in [2.75, 3.05) is 0 Å². The van der Waals surface area contributed by atoms with Gasteiger partial charge >= 0.3 is 0 Å². The van der Waals surface area contributed by atoms with E-state index in [1.807, 2.05) is 18.2 Å². The van der Waals surface area contributed by atoms with Crippen molar-refractivity contribution in [3.63, 3.8) is 0 Å². The van der Waals surface area contributed by atoms with Crippen LogP contribution in [0.2, 0.25) is 4.34 Å². The number of hydrazine groups is 1. The second kappa shape index (κ2) is 5.65. The Kier molecular flexibility index (Phi) is 4.18. The van der Waals surface area contributed by atoms with Crippen LogP contribution in [0.3, 0.4) is 0 Å². The van der Waals surface area contributed by atoms with Gasteiger partial charge in [0.1, 0.15) is 0 Å². The van der Waals surface area contributed by atoms with Gasteiger partial charge in [0.2, 0.25) is 0 Å². The van der Waals surface area contributed by atoms with Gasteiger partial charge in [0.25, 0.3) is 0 Å². The van der Waals surface area contributed by atoms with Gasteiger partial charge in [0.05, 0.1) is 10.4 Å². The van der Waals surface area contributed by atoms with E-state index in [4.69, 9.17) is 17.4 Å². The van der Waals surface area contributed by atoms with E-state index in [0.717, 1.165) is 10.8 Å². The molecule has 4 heteroatoms. The molecule has 2 rings (SSSR count). The maximum absolute atomic E-state index is 5.93. The molecule has 0 spiro atoms. The Balaban J connectivity index is 2.20. The first kappa shape index (κ1) is 12.6. The lowest BCUT2D eigenvalue weighted by Crippen LogP contribution is -2.29. The Hall–Kier alpha value is -0.870. The van der Waals surface area contributed by atoms with E-state index in [2.05, 4.69) is 30.5 Å². The summed E-state index contributed by atoms with van der Waals surface area (Å²) >= 11 is 7.53. The topological polar surface area (TPSA) is 38.0 Å². The molecule has 1 atom stereocenters. The van der Waals surface area contributed by atoms with Gasteiger partial charge in [-0.05, 0) is 30.2 Å². The predicted molar refractivity (Wildman–Crippen MR) is 74.3 cm³/mol. The summed E-state index contributed by atoms with van der Waals surface area (Å²) in [5.41, 5.74) is 5.36. The molecule has 1 unspecified atom stereocenters. The zero-order valence-electron chi connectivity index (χ0n) is 9.61. The van der Waals surface area contributed by atoms with Crippen molar-refractivity contribution in [1.29, 1.82) is 0 Å². The maximum Gasteiger partial charge on any atom is 0.0931 e. The van der Waals surface area contributed by atoms with E-state index in [9.17, 15) is 0 Å². The minimum absolute atomic E-state index is 0.130. The Bertz CT molecular complexity index is 496. The van der Waals surface area contributed by atoms with Crippen LogP contribution in [-0.4, -0.2) is 0 Å². The molecule has 2 nitrogen and oxygen atoms in total. The average molecular weight is 267 g/mol. The third kappa shape index (κ3) is 3.07. The van der Waals surface area contributed by atoms with Crippen molar-refractivity contribution in [1.82, 2.24) is 5.43 Å². The summed E-state index contributed by atoms with van der Waals surface area (Å²) in [6, 6.07) is 12.4. The van der Waals surface area contributed by atoms with Gasteiger partial charge in [-0.2, -0.15) is 0 Å². The molecule has 0 radical (unpaired) electrons. The molecule has 0 aliphatic heterocycles. The molecule has 0 saturated carbocycles. The van der Waals surface area contributed by atoms with Crippen LogP contribution in [0.5, 0.6) is 0 Å². The van der Waals surface area contributed by atoms with Crippen LogP contribution in [0.1, 0.15) is 22.0 Å². The van der Waals surface area contributed by atoms with Crippen molar-refractivity contribution in [3.05, 3.63) is 56.7 Å². The normalized spacial score (nSPS) is 12.6. The summed E-state index contributed by atoms with van der Waals surface area (Å²) in [5, 5.41) is 0. The summed E-state index contributed by atoms with van der Waals surface area (Å²) in [6.07, 6.45) is 0.860. The van der Waals surface area contributed by atoms with E-state index < -0.39 is 0 Å². The van der Waals surface area contributed by atoms with Gasteiger partial charge in [-0.3, -0.25) is 11.3 Å². The van der Waals surface area contributed by atoms with E-state index in [0.29, 0.717) is 0 Å². The second-order valence-electron chi connectivity index (χ2n) is 3.99. The van der Waals surface area contributed by atoms with Crippen molar-refractivity contribution in [3.8, 4) is 0 Å². The molecule has 0 aliphatic rings. The third-order valence-electron chi connectivity index (χ3n) is 2.80. The van der Waals surface area contributed by atoms with Crippen LogP contribution in [0.4, 0.5) is 0 Å². The Morgan fingerprint density at radius 3 is 2.65 bits per heavy atom. The molecule has 0 bridgehead atoms. The van der Waals surface area contributed by atoms with E-state index in [1.165, 1.54) is 16.0 Å². The van der Waals surface area contributed by atoms with Crippen LogP contribution in [0.15, 0.2) is 36.4 Å². The van der Waals surface area contributed by atoms with Gasteiger partial charge in [-0.1, -0.05) is 35.9 Å². The van der Waals surface area contributed by atoms with Crippen molar-refractivity contribution < 1.29 is 0 Å². The Labute approximate surface area is 110 Å². The average Bonchev–Trinajstić information content (AvgIpc) is 2.73. The minimum atomic E-state index is 0.130. The van der Waals surface area contributed by atoms with Gasteiger partial charge in [-0.25, -0.2) is 0 Å². The number of rotatable bonds is 4. The summed E-state index contributed by atoms with van der Waals surface area (Å²) < 4.78 is 0.820. The van der Waals surface area contributed by atoms with Gasteiger partial charge < -0.3 is 0 Å². The first-order chi connectivity index (χ1) is 8.20. The number of aryl methyl sites for hydroxylation is 1. The lowest BCUT2D eigenvalue weighted by atomic mass is 9.99. The fourth-order valence-corrected chi connectivity index (χ4v) is 3.03. The Morgan fingerprint density at radius 2 is 2.06 bits per heavy atom. The monoisotopic (exact) mass is 266 g/mol. The molecule has 0 saturated heterocycles. The fraction of sp³-hybridized carbons (Fsp3) is 0.231. The van der Waals surface area contributed by atoms with Crippen LogP contribution in [0, 0.1) is 6.92 Å². The lowest BCUT2D eigenvalue weighted by molar-refractivity contribution is 0.553. The number of hydrogen-bond donors (Lipinski definition) is 2. The van der Waals surface area contributed by atoms with Gasteiger partial charge in [0.15, 0.2) is 0 Å². The van der Waals surface area contributed by atoms with Crippen LogP contribution in [-0.2, 0) is 6.42 Å². The minimum Gasteiger partial charge on any atom is -0.271 e. The summed E-state index contributed by atoms with van der Waals surface area (Å²) in [4.78, 5) is 1.24. The fourth-order valence-electron chi connectivity index (χ4n) is 1.90. The highest BCUT2D eigenvalue weighted by atomic mass is 35.5. The largest absolute Gasteiger partial charge is 0.271 e. The summed E-state index contributed by atoms with van der Waals surface area (Å²) in [7, 11) is 0. The van der Waals surface area contributed by atoms with E-state index >= 15 is 0 Å². The number of benzene rings is 1. The predicted octanol–water partition coefficient (Wildman–Crippen LogP) is 3.46. The molecule has 1 aromatic heterocycles. The number of halogens is 1. The number of nitrogens with two attached hydrogens (primary N) is 1. The van der Waals surface area contributed by atoms with Gasteiger partial charge in [-0.15, -0.1) is 11.3 Å². The second-order valence-corrected chi connectivity index (χ2v) is 5.79. The van der Waals surface area contributed by atoms with Crippen molar-refractivity contribution >= 4 is 22.9 Å². The summed E-state index contributed by atoms with van der Waals surface area (Å²) in [5.74, 6) is 5.65. The molecular weight excluding hydrogens is 252 g/mol. The summed E-state index contributed by atoms with van der Waals surface area (Å²) in [6.45, 7) is 2.10. The molecule has 2 aromatic rings. The number of hydrogen-bond acceptors (Lipinski definition) is 3. The molecule has 17 heavy (non-hydrogen) atoms. The Morgan fingerprint density at radius 1 is 1.29 bits per heavy atom. The third-order valence-corrected chi connectivity index (χ3v) is 4.05. The number of nitrogens with one attached hydrogen (secondary N) is 1. The molecule has 0 fully saturated rings. The SMILES string of the molecule is Cc1ccccc1C(Cc1ccc(Cl)s1)NN. The maximum atomic E-state index is 5.93. The molecule has 3 N–H and O–H groups in total. The standard InChI is InChI=1S/C13H15ClN2S/c1-9-4-2-3-5-11(9)12(16-15)8-10-6-7-13(14)17-10/h2-7,12,16H,8,15H2,1H3. The molecule has 90 valence electrons. The zero-order chi connectivity index (χ0) is 12.3.